The van der Waals surface area contributed by atoms with Gasteiger partial charge >= 0.3 is 0 Å². The van der Waals surface area contributed by atoms with Gasteiger partial charge < -0.3 is 14.8 Å². The van der Waals surface area contributed by atoms with Crippen molar-refractivity contribution in [3.63, 3.8) is 0 Å². The molecule has 0 bridgehead atoms. The Morgan fingerprint density at radius 2 is 2.24 bits per heavy atom. The first-order valence-electron chi connectivity index (χ1n) is 6.18. The van der Waals surface area contributed by atoms with Crippen LogP contribution in [0.25, 0.3) is 23.0 Å². The molecule has 0 aliphatic heterocycles. The van der Waals surface area contributed by atoms with Crippen LogP contribution < -0.4 is 5.73 Å². The van der Waals surface area contributed by atoms with Crippen LogP contribution in [0.5, 0.6) is 0 Å². The molecule has 0 saturated heterocycles. The third-order valence-electron chi connectivity index (χ3n) is 2.83. The highest BCUT2D eigenvalue weighted by Gasteiger charge is 2.15. The number of halogens is 2. The standard InChI is InChI=1S/C13H11BrFN5O/c14-10-2-1-8(15)5-9(10)12-18-13(21-19-12)11-6-20(4-3-16)7-17-11/h1-2,5-7H,3-4,16H2. The highest BCUT2D eigenvalue weighted by Crippen LogP contribution is 2.28. The molecule has 3 aromatic rings. The lowest BCUT2D eigenvalue weighted by atomic mass is 10.2. The van der Waals surface area contributed by atoms with Crippen molar-refractivity contribution in [2.75, 3.05) is 6.54 Å². The van der Waals surface area contributed by atoms with E-state index in [1.54, 1.807) is 18.6 Å². The number of rotatable bonds is 4. The van der Waals surface area contributed by atoms with Crippen LogP contribution in [0.3, 0.4) is 0 Å². The van der Waals surface area contributed by atoms with Crippen LogP contribution >= 0.6 is 15.9 Å². The summed E-state index contributed by atoms with van der Waals surface area (Å²) in [4.78, 5) is 8.42. The zero-order valence-corrected chi connectivity index (χ0v) is 12.4. The molecule has 0 radical (unpaired) electrons. The molecule has 1 aromatic carbocycles. The van der Waals surface area contributed by atoms with Gasteiger partial charge in [-0.25, -0.2) is 9.37 Å². The van der Waals surface area contributed by atoms with E-state index in [1.807, 2.05) is 4.57 Å². The first-order valence-corrected chi connectivity index (χ1v) is 6.98. The van der Waals surface area contributed by atoms with E-state index in [4.69, 9.17) is 10.3 Å². The summed E-state index contributed by atoms with van der Waals surface area (Å²) in [6.45, 7) is 1.17. The third kappa shape index (κ3) is 2.86. The van der Waals surface area contributed by atoms with Crippen molar-refractivity contribution in [1.29, 1.82) is 0 Å². The van der Waals surface area contributed by atoms with Gasteiger partial charge in [-0.05, 0) is 18.2 Å². The van der Waals surface area contributed by atoms with Gasteiger partial charge in [0.25, 0.3) is 5.89 Å². The highest BCUT2D eigenvalue weighted by atomic mass is 79.9. The molecule has 0 amide bonds. The summed E-state index contributed by atoms with van der Waals surface area (Å²) in [6, 6.07) is 4.28. The van der Waals surface area contributed by atoms with E-state index >= 15 is 0 Å². The average Bonchev–Trinajstić information content (AvgIpc) is 3.10. The Morgan fingerprint density at radius 3 is 3.05 bits per heavy atom. The van der Waals surface area contributed by atoms with E-state index in [-0.39, 0.29) is 11.7 Å². The van der Waals surface area contributed by atoms with Gasteiger partial charge in [0.2, 0.25) is 5.82 Å². The van der Waals surface area contributed by atoms with Crippen molar-refractivity contribution < 1.29 is 8.91 Å². The molecule has 2 heterocycles. The lowest BCUT2D eigenvalue weighted by Crippen LogP contribution is -2.07. The van der Waals surface area contributed by atoms with Crippen LogP contribution in [0.2, 0.25) is 0 Å². The highest BCUT2D eigenvalue weighted by molar-refractivity contribution is 9.10. The molecule has 0 atom stereocenters. The van der Waals surface area contributed by atoms with Gasteiger partial charge in [-0.15, -0.1) is 0 Å². The monoisotopic (exact) mass is 351 g/mol. The van der Waals surface area contributed by atoms with Gasteiger partial charge in [0, 0.05) is 29.3 Å². The van der Waals surface area contributed by atoms with E-state index in [0.29, 0.717) is 34.6 Å². The smallest absolute Gasteiger partial charge is 0.278 e. The average molecular weight is 352 g/mol. The van der Waals surface area contributed by atoms with Crippen LogP contribution in [0.1, 0.15) is 0 Å². The number of imidazole rings is 1. The third-order valence-corrected chi connectivity index (χ3v) is 3.53. The second kappa shape index (κ2) is 5.74. The first-order chi connectivity index (χ1) is 10.2. The SMILES string of the molecule is NCCn1cnc(-c2nc(-c3cc(F)ccc3Br)no2)c1. The summed E-state index contributed by atoms with van der Waals surface area (Å²) in [7, 11) is 0. The van der Waals surface area contributed by atoms with Gasteiger partial charge in [-0.2, -0.15) is 4.98 Å². The molecular weight excluding hydrogens is 341 g/mol. The Hall–Kier alpha value is -2.06. The molecule has 6 nitrogen and oxygen atoms in total. The van der Waals surface area contributed by atoms with E-state index in [0.717, 1.165) is 0 Å². The van der Waals surface area contributed by atoms with E-state index < -0.39 is 0 Å². The van der Waals surface area contributed by atoms with Crippen molar-refractivity contribution in [1.82, 2.24) is 19.7 Å². The first kappa shape index (κ1) is 13.9. The Kier molecular flexibility index (Phi) is 3.80. The zero-order valence-electron chi connectivity index (χ0n) is 10.8. The van der Waals surface area contributed by atoms with Crippen molar-refractivity contribution in [2.45, 2.75) is 6.54 Å². The molecule has 0 fully saturated rings. The Balaban J connectivity index is 1.93. The summed E-state index contributed by atoms with van der Waals surface area (Å²) in [5.74, 6) is 0.202. The van der Waals surface area contributed by atoms with Crippen LogP contribution in [-0.4, -0.2) is 26.2 Å². The topological polar surface area (TPSA) is 82.8 Å². The summed E-state index contributed by atoms with van der Waals surface area (Å²) >= 11 is 3.34. The van der Waals surface area contributed by atoms with E-state index in [2.05, 4.69) is 31.1 Å². The van der Waals surface area contributed by atoms with Crippen LogP contribution in [-0.2, 0) is 6.54 Å². The summed E-state index contributed by atoms with van der Waals surface area (Å²) in [5.41, 5.74) is 6.55. The molecule has 0 unspecified atom stereocenters. The second-order valence-corrected chi connectivity index (χ2v) is 5.19. The van der Waals surface area contributed by atoms with Crippen molar-refractivity contribution in [2.24, 2.45) is 5.73 Å². The minimum Gasteiger partial charge on any atom is -0.335 e. The Labute approximate surface area is 127 Å². The maximum Gasteiger partial charge on any atom is 0.278 e. The molecule has 0 spiro atoms. The second-order valence-electron chi connectivity index (χ2n) is 4.33. The fourth-order valence-electron chi connectivity index (χ4n) is 1.85. The van der Waals surface area contributed by atoms with E-state index in [9.17, 15) is 4.39 Å². The number of hydrogen-bond donors (Lipinski definition) is 1. The number of aromatic nitrogens is 4. The maximum atomic E-state index is 13.3. The zero-order chi connectivity index (χ0) is 14.8. The molecule has 0 saturated carbocycles. The summed E-state index contributed by atoms with van der Waals surface area (Å²) in [6.07, 6.45) is 3.41. The molecule has 21 heavy (non-hydrogen) atoms. The van der Waals surface area contributed by atoms with Gasteiger partial charge in [0.05, 0.1) is 6.33 Å². The minimum absolute atomic E-state index is 0.275. The van der Waals surface area contributed by atoms with E-state index in [1.165, 1.54) is 12.1 Å². The lowest BCUT2D eigenvalue weighted by Gasteiger charge is -1.98. The molecule has 108 valence electrons. The van der Waals surface area contributed by atoms with Gasteiger partial charge in [0.1, 0.15) is 11.5 Å². The normalized spacial score (nSPS) is 11.0. The maximum absolute atomic E-state index is 13.3. The lowest BCUT2D eigenvalue weighted by molar-refractivity contribution is 0.431. The fourth-order valence-corrected chi connectivity index (χ4v) is 2.27. The molecule has 2 aromatic heterocycles. The molecule has 3 rings (SSSR count). The number of nitrogens with zero attached hydrogens (tertiary/aromatic N) is 4. The minimum atomic E-state index is -0.369. The van der Waals surface area contributed by atoms with Crippen molar-refractivity contribution >= 4 is 15.9 Å². The predicted octanol–water partition coefficient (Wildman–Crippen LogP) is 2.46. The Morgan fingerprint density at radius 1 is 1.38 bits per heavy atom. The van der Waals surface area contributed by atoms with Crippen LogP contribution in [0, 0.1) is 5.82 Å². The predicted molar refractivity (Wildman–Crippen MR) is 77.7 cm³/mol. The molecule has 0 aliphatic rings. The number of hydrogen-bond acceptors (Lipinski definition) is 5. The number of benzene rings is 1. The molecule has 8 heteroatoms. The molecule has 2 N–H and O–H groups in total. The van der Waals surface area contributed by atoms with Gasteiger partial charge in [-0.3, -0.25) is 0 Å². The van der Waals surface area contributed by atoms with Crippen LogP contribution in [0.15, 0.2) is 39.7 Å². The summed E-state index contributed by atoms with van der Waals surface area (Å²) in [5, 5.41) is 3.86. The molecule has 0 aliphatic carbocycles. The van der Waals surface area contributed by atoms with Crippen molar-refractivity contribution in [3.8, 4) is 23.0 Å². The number of nitrogens with two attached hydrogens (primary N) is 1. The Bertz CT molecular complexity index is 770. The molecular formula is C13H11BrFN5O. The summed E-state index contributed by atoms with van der Waals surface area (Å²) < 4.78 is 21.0. The van der Waals surface area contributed by atoms with Crippen molar-refractivity contribution in [3.05, 3.63) is 41.0 Å². The van der Waals surface area contributed by atoms with Gasteiger partial charge in [0.15, 0.2) is 0 Å². The largest absolute Gasteiger partial charge is 0.335 e. The fraction of sp³-hybridized carbons (Fsp3) is 0.154. The van der Waals surface area contributed by atoms with Gasteiger partial charge in [-0.1, -0.05) is 21.1 Å². The van der Waals surface area contributed by atoms with Crippen LogP contribution in [0.4, 0.5) is 4.39 Å². The quantitative estimate of drug-likeness (QED) is 0.780.